The van der Waals surface area contributed by atoms with Crippen LogP contribution in [-0.4, -0.2) is 12.5 Å². The molecule has 0 saturated carbocycles. The van der Waals surface area contributed by atoms with E-state index < -0.39 is 5.91 Å². The summed E-state index contributed by atoms with van der Waals surface area (Å²) in [6.45, 7) is 5.98. The van der Waals surface area contributed by atoms with Crippen LogP contribution in [0.25, 0.3) is 6.08 Å². The zero-order valence-corrected chi connectivity index (χ0v) is 13.5. The van der Waals surface area contributed by atoms with Crippen LogP contribution in [0.4, 0.5) is 5.69 Å². The van der Waals surface area contributed by atoms with Gasteiger partial charge in [0.05, 0.1) is 0 Å². The molecular weight excluding hydrogens is 300 g/mol. The predicted octanol–water partition coefficient (Wildman–Crippen LogP) is 4.11. The van der Waals surface area contributed by atoms with Gasteiger partial charge < -0.3 is 10.1 Å². The topological polar surface area (TPSA) is 62.1 Å². The van der Waals surface area contributed by atoms with Gasteiger partial charge in [0.25, 0.3) is 5.91 Å². The van der Waals surface area contributed by atoms with Crippen LogP contribution in [0.3, 0.4) is 0 Å². The Morgan fingerprint density at radius 1 is 1.21 bits per heavy atom. The fourth-order valence-electron chi connectivity index (χ4n) is 1.97. The Bertz CT molecular complexity index is 782. The molecule has 1 N–H and O–H groups in total. The molecule has 2 aromatic carbocycles. The largest absolute Gasteiger partial charge is 0.490 e. The first kappa shape index (κ1) is 17.0. The monoisotopic (exact) mass is 318 g/mol. The molecule has 0 aliphatic heterocycles. The van der Waals surface area contributed by atoms with Crippen LogP contribution in [-0.2, 0) is 4.79 Å². The summed E-state index contributed by atoms with van der Waals surface area (Å²) in [5.74, 6) is 0.267. The van der Waals surface area contributed by atoms with Crippen LogP contribution in [0.5, 0.6) is 5.75 Å². The number of carbonyl (C=O) groups is 1. The summed E-state index contributed by atoms with van der Waals surface area (Å²) in [6, 6.07) is 16.5. The Hall–Kier alpha value is -3.32. The summed E-state index contributed by atoms with van der Waals surface area (Å²) >= 11 is 0. The molecule has 0 saturated heterocycles. The molecule has 2 aromatic rings. The molecule has 0 atom stereocenters. The van der Waals surface area contributed by atoms with E-state index in [1.54, 1.807) is 48.6 Å². The van der Waals surface area contributed by atoms with Gasteiger partial charge in [0.15, 0.2) is 0 Å². The number of nitrogens with zero attached hydrogens (tertiary/aromatic N) is 1. The summed E-state index contributed by atoms with van der Waals surface area (Å²) in [6.07, 6.45) is 3.21. The third-order valence-corrected chi connectivity index (χ3v) is 3.23. The summed E-state index contributed by atoms with van der Waals surface area (Å²) in [7, 11) is 0. The molecule has 0 unspecified atom stereocenters. The molecule has 0 fully saturated rings. The molecule has 2 rings (SSSR count). The fraction of sp³-hybridized carbons (Fsp3) is 0.100. The van der Waals surface area contributed by atoms with Crippen LogP contribution in [0, 0.1) is 18.3 Å². The molecule has 0 aliphatic carbocycles. The van der Waals surface area contributed by atoms with Crippen molar-refractivity contribution in [3.05, 3.63) is 77.9 Å². The van der Waals surface area contributed by atoms with E-state index in [1.165, 1.54) is 0 Å². The molecule has 0 aromatic heterocycles. The number of ether oxygens (including phenoxy) is 1. The average Bonchev–Trinajstić information content (AvgIpc) is 2.60. The maximum Gasteiger partial charge on any atom is 0.266 e. The second-order valence-corrected chi connectivity index (χ2v) is 5.16. The number of carbonyl (C=O) groups excluding carboxylic acids is 1. The van der Waals surface area contributed by atoms with Crippen LogP contribution < -0.4 is 10.1 Å². The van der Waals surface area contributed by atoms with Crippen LogP contribution >= 0.6 is 0 Å². The quantitative estimate of drug-likeness (QED) is 0.495. The van der Waals surface area contributed by atoms with Crippen molar-refractivity contribution >= 4 is 17.7 Å². The predicted molar refractivity (Wildman–Crippen MR) is 95.5 cm³/mol. The number of aryl methyl sites for hydroxylation is 1. The Balaban J connectivity index is 2.10. The van der Waals surface area contributed by atoms with Crippen molar-refractivity contribution in [3.8, 4) is 11.8 Å². The van der Waals surface area contributed by atoms with E-state index in [2.05, 4.69) is 11.9 Å². The maximum atomic E-state index is 12.2. The molecular formula is C20H18N2O2. The second-order valence-electron chi connectivity index (χ2n) is 5.16. The summed E-state index contributed by atoms with van der Waals surface area (Å²) < 4.78 is 5.39. The Morgan fingerprint density at radius 3 is 2.46 bits per heavy atom. The number of nitriles is 1. The number of rotatable bonds is 6. The van der Waals surface area contributed by atoms with E-state index in [9.17, 15) is 10.1 Å². The highest BCUT2D eigenvalue weighted by atomic mass is 16.5. The van der Waals surface area contributed by atoms with Gasteiger partial charge in [-0.25, -0.2) is 0 Å². The van der Waals surface area contributed by atoms with Gasteiger partial charge in [-0.1, -0.05) is 42.5 Å². The van der Waals surface area contributed by atoms with Gasteiger partial charge in [-0.15, -0.1) is 0 Å². The summed E-state index contributed by atoms with van der Waals surface area (Å²) in [5, 5.41) is 11.9. The minimum Gasteiger partial charge on any atom is -0.490 e. The van der Waals surface area contributed by atoms with Crippen LogP contribution in [0.1, 0.15) is 11.1 Å². The number of anilines is 1. The summed E-state index contributed by atoms with van der Waals surface area (Å²) in [4.78, 5) is 12.2. The minimum atomic E-state index is -0.437. The smallest absolute Gasteiger partial charge is 0.266 e. The number of hydrogen-bond donors (Lipinski definition) is 1. The van der Waals surface area contributed by atoms with Crippen molar-refractivity contribution in [1.82, 2.24) is 0 Å². The van der Waals surface area contributed by atoms with Gasteiger partial charge in [-0.2, -0.15) is 5.26 Å². The van der Waals surface area contributed by atoms with E-state index >= 15 is 0 Å². The van der Waals surface area contributed by atoms with Gasteiger partial charge >= 0.3 is 0 Å². The molecule has 0 spiro atoms. The first-order valence-electron chi connectivity index (χ1n) is 7.46. The second kappa shape index (κ2) is 8.35. The maximum absolute atomic E-state index is 12.2. The lowest BCUT2D eigenvalue weighted by atomic mass is 10.1. The van der Waals surface area contributed by atoms with E-state index in [0.717, 1.165) is 11.1 Å². The zero-order valence-electron chi connectivity index (χ0n) is 13.5. The number of nitrogens with one attached hydrogen (secondary N) is 1. The van der Waals surface area contributed by atoms with Gasteiger partial charge in [0, 0.05) is 5.69 Å². The molecule has 0 bridgehead atoms. The van der Waals surface area contributed by atoms with Crippen molar-refractivity contribution in [1.29, 1.82) is 5.26 Å². The first-order valence-corrected chi connectivity index (χ1v) is 7.46. The molecule has 4 heteroatoms. The van der Waals surface area contributed by atoms with Crippen molar-refractivity contribution < 1.29 is 9.53 Å². The summed E-state index contributed by atoms with van der Waals surface area (Å²) in [5.41, 5.74) is 2.54. The zero-order chi connectivity index (χ0) is 17.4. The third-order valence-electron chi connectivity index (χ3n) is 3.23. The van der Waals surface area contributed by atoms with Crippen molar-refractivity contribution in [2.75, 3.05) is 11.9 Å². The van der Waals surface area contributed by atoms with E-state index in [-0.39, 0.29) is 5.57 Å². The molecule has 0 heterocycles. The van der Waals surface area contributed by atoms with Crippen molar-refractivity contribution in [2.24, 2.45) is 0 Å². The normalized spacial score (nSPS) is 10.6. The molecule has 24 heavy (non-hydrogen) atoms. The third kappa shape index (κ3) is 4.85. The lowest BCUT2D eigenvalue weighted by Gasteiger charge is -2.05. The number of benzene rings is 2. The Labute approximate surface area is 141 Å². The Morgan fingerprint density at radius 2 is 1.88 bits per heavy atom. The van der Waals surface area contributed by atoms with Crippen LogP contribution in [0.2, 0.25) is 0 Å². The highest BCUT2D eigenvalue weighted by Crippen LogP contribution is 2.16. The number of hydrogen-bond acceptors (Lipinski definition) is 3. The number of amides is 1. The molecule has 0 radical (unpaired) electrons. The van der Waals surface area contributed by atoms with E-state index in [1.807, 2.05) is 25.1 Å². The van der Waals surface area contributed by atoms with Crippen LogP contribution in [0.15, 0.2) is 66.8 Å². The molecule has 4 nitrogen and oxygen atoms in total. The molecule has 120 valence electrons. The average molecular weight is 318 g/mol. The molecule has 0 aliphatic rings. The standard InChI is InChI=1S/C20H18N2O2/c1-3-12-24-19-10-6-16(7-11-19)13-17(14-21)20(23)22-18-8-4-15(2)5-9-18/h3-11,13H,1,12H2,2H3,(H,22,23)/b17-13+. The van der Waals surface area contributed by atoms with Gasteiger partial charge in [0.1, 0.15) is 24.0 Å². The van der Waals surface area contributed by atoms with E-state index in [0.29, 0.717) is 18.0 Å². The van der Waals surface area contributed by atoms with E-state index in [4.69, 9.17) is 4.74 Å². The highest BCUT2D eigenvalue weighted by molar-refractivity contribution is 6.09. The lowest BCUT2D eigenvalue weighted by Crippen LogP contribution is -2.13. The van der Waals surface area contributed by atoms with Gasteiger partial charge in [-0.3, -0.25) is 4.79 Å². The van der Waals surface area contributed by atoms with Crippen molar-refractivity contribution in [3.63, 3.8) is 0 Å². The van der Waals surface area contributed by atoms with Gasteiger partial charge in [-0.05, 0) is 42.8 Å². The minimum absolute atomic E-state index is 0.0373. The fourth-order valence-corrected chi connectivity index (χ4v) is 1.97. The Kier molecular flexibility index (Phi) is 5.93. The SMILES string of the molecule is C=CCOc1ccc(/C=C(\C#N)C(=O)Nc2ccc(C)cc2)cc1. The highest BCUT2D eigenvalue weighted by Gasteiger charge is 2.09. The van der Waals surface area contributed by atoms with Crippen molar-refractivity contribution in [2.45, 2.75) is 6.92 Å². The van der Waals surface area contributed by atoms with Gasteiger partial charge in [0.2, 0.25) is 0 Å². The first-order chi connectivity index (χ1) is 11.6. The lowest BCUT2D eigenvalue weighted by molar-refractivity contribution is -0.112. The molecule has 1 amide bonds.